The Bertz CT molecular complexity index is 695. The van der Waals surface area contributed by atoms with Crippen LogP contribution in [0.25, 0.3) is 0 Å². The summed E-state index contributed by atoms with van der Waals surface area (Å²) < 4.78 is 0. The molecule has 1 aliphatic rings. The summed E-state index contributed by atoms with van der Waals surface area (Å²) >= 11 is 6.14. The Morgan fingerprint density at radius 2 is 1.95 bits per heavy atom. The standard InChI is InChI=1S/C18H18ClNO/c1-12-9-15-10-16(19)7-8-18(15)20(13(2)21)11-14-5-3-4-6-17(12)14/h3-8,10,12H,9,11H2,1-2H3. The number of hydrogen-bond acceptors (Lipinski definition) is 1. The molecule has 0 bridgehead atoms. The predicted octanol–water partition coefficient (Wildman–Crippen LogP) is 4.55. The van der Waals surface area contributed by atoms with Gasteiger partial charge in [0.1, 0.15) is 0 Å². The zero-order valence-electron chi connectivity index (χ0n) is 12.3. The lowest BCUT2D eigenvalue weighted by Crippen LogP contribution is -2.31. The van der Waals surface area contributed by atoms with Gasteiger partial charge in [-0.05, 0) is 47.2 Å². The van der Waals surface area contributed by atoms with Gasteiger partial charge >= 0.3 is 0 Å². The van der Waals surface area contributed by atoms with E-state index in [2.05, 4.69) is 25.1 Å². The molecule has 0 N–H and O–H groups in total. The fourth-order valence-corrected chi connectivity index (χ4v) is 3.31. The van der Waals surface area contributed by atoms with E-state index >= 15 is 0 Å². The van der Waals surface area contributed by atoms with Gasteiger partial charge in [0.05, 0.1) is 6.54 Å². The van der Waals surface area contributed by atoms with Crippen molar-refractivity contribution < 1.29 is 4.79 Å². The highest BCUT2D eigenvalue weighted by atomic mass is 35.5. The summed E-state index contributed by atoms with van der Waals surface area (Å²) in [6, 6.07) is 14.2. The van der Waals surface area contributed by atoms with Gasteiger partial charge in [-0.3, -0.25) is 4.79 Å². The second-order valence-electron chi connectivity index (χ2n) is 5.68. The van der Waals surface area contributed by atoms with Gasteiger partial charge in [0.15, 0.2) is 0 Å². The Morgan fingerprint density at radius 1 is 1.19 bits per heavy atom. The summed E-state index contributed by atoms with van der Waals surface area (Å²) in [7, 11) is 0. The number of amides is 1. The minimum atomic E-state index is 0.0583. The maximum Gasteiger partial charge on any atom is 0.224 e. The molecule has 1 heterocycles. The molecule has 2 aromatic rings. The molecule has 3 rings (SSSR count). The highest BCUT2D eigenvalue weighted by Crippen LogP contribution is 2.35. The quantitative estimate of drug-likeness (QED) is 0.698. The Morgan fingerprint density at radius 3 is 2.71 bits per heavy atom. The fourth-order valence-electron chi connectivity index (χ4n) is 3.12. The molecule has 0 spiro atoms. The first-order chi connectivity index (χ1) is 10.1. The lowest BCUT2D eigenvalue weighted by molar-refractivity contribution is -0.116. The van der Waals surface area contributed by atoms with E-state index in [0.717, 1.165) is 22.7 Å². The van der Waals surface area contributed by atoms with E-state index in [1.165, 1.54) is 11.1 Å². The lowest BCUT2D eigenvalue weighted by Gasteiger charge is -2.30. The molecule has 2 aromatic carbocycles. The van der Waals surface area contributed by atoms with Crippen molar-refractivity contribution in [2.24, 2.45) is 0 Å². The van der Waals surface area contributed by atoms with Crippen molar-refractivity contribution >= 4 is 23.2 Å². The molecule has 1 unspecified atom stereocenters. The molecular weight excluding hydrogens is 282 g/mol. The smallest absolute Gasteiger partial charge is 0.224 e. The highest BCUT2D eigenvalue weighted by molar-refractivity contribution is 6.30. The Labute approximate surface area is 130 Å². The first-order valence-electron chi connectivity index (χ1n) is 7.20. The zero-order valence-corrected chi connectivity index (χ0v) is 13.0. The molecule has 1 amide bonds. The van der Waals surface area contributed by atoms with E-state index < -0.39 is 0 Å². The molecule has 108 valence electrons. The van der Waals surface area contributed by atoms with Crippen molar-refractivity contribution in [3.8, 4) is 0 Å². The third kappa shape index (κ3) is 2.68. The summed E-state index contributed by atoms with van der Waals surface area (Å²) in [5.41, 5.74) is 4.66. The van der Waals surface area contributed by atoms with Crippen molar-refractivity contribution in [3.05, 3.63) is 64.2 Å². The number of anilines is 1. The third-order valence-electron chi connectivity index (χ3n) is 4.15. The molecule has 2 nitrogen and oxygen atoms in total. The minimum Gasteiger partial charge on any atom is -0.308 e. The van der Waals surface area contributed by atoms with Crippen LogP contribution in [-0.2, 0) is 17.8 Å². The van der Waals surface area contributed by atoms with Gasteiger partial charge in [-0.15, -0.1) is 0 Å². The number of nitrogens with zero attached hydrogens (tertiary/aromatic N) is 1. The first kappa shape index (κ1) is 14.2. The van der Waals surface area contributed by atoms with Crippen molar-refractivity contribution in [3.63, 3.8) is 0 Å². The number of halogens is 1. The zero-order chi connectivity index (χ0) is 15.0. The Hall–Kier alpha value is -1.80. The number of benzene rings is 2. The van der Waals surface area contributed by atoms with Gasteiger partial charge in [0.2, 0.25) is 5.91 Å². The summed E-state index contributed by atoms with van der Waals surface area (Å²) in [5, 5.41) is 0.721. The van der Waals surface area contributed by atoms with Crippen LogP contribution in [0.1, 0.15) is 36.5 Å². The second-order valence-corrected chi connectivity index (χ2v) is 6.12. The molecule has 0 aliphatic carbocycles. The van der Waals surface area contributed by atoms with E-state index in [4.69, 9.17) is 11.6 Å². The molecule has 1 aliphatic heterocycles. The summed E-state index contributed by atoms with van der Waals surface area (Å²) in [6.07, 6.45) is 0.886. The van der Waals surface area contributed by atoms with Crippen molar-refractivity contribution in [2.45, 2.75) is 32.7 Å². The number of hydrogen-bond donors (Lipinski definition) is 0. The van der Waals surface area contributed by atoms with E-state index in [-0.39, 0.29) is 5.91 Å². The lowest BCUT2D eigenvalue weighted by atomic mass is 9.87. The SMILES string of the molecule is CC(=O)N1Cc2ccccc2C(C)Cc2cc(Cl)ccc21. The van der Waals surface area contributed by atoms with E-state index in [9.17, 15) is 4.79 Å². The molecule has 1 atom stereocenters. The van der Waals surface area contributed by atoms with Crippen molar-refractivity contribution in [2.75, 3.05) is 4.90 Å². The normalized spacial score (nSPS) is 17.5. The van der Waals surface area contributed by atoms with Crippen LogP contribution in [-0.4, -0.2) is 5.91 Å². The monoisotopic (exact) mass is 299 g/mol. The molecule has 21 heavy (non-hydrogen) atoms. The van der Waals surface area contributed by atoms with Gasteiger partial charge in [-0.1, -0.05) is 42.8 Å². The first-order valence-corrected chi connectivity index (χ1v) is 7.58. The van der Waals surface area contributed by atoms with Crippen LogP contribution >= 0.6 is 11.6 Å². The van der Waals surface area contributed by atoms with Gasteiger partial charge in [0, 0.05) is 17.6 Å². The summed E-state index contributed by atoms with van der Waals surface area (Å²) in [4.78, 5) is 13.9. The van der Waals surface area contributed by atoms with Gasteiger partial charge in [-0.25, -0.2) is 0 Å². The van der Waals surface area contributed by atoms with E-state index in [1.807, 2.05) is 29.2 Å². The predicted molar refractivity (Wildman–Crippen MR) is 86.9 cm³/mol. The van der Waals surface area contributed by atoms with E-state index in [1.54, 1.807) is 6.92 Å². The molecular formula is C18H18ClNO. The van der Waals surface area contributed by atoms with Gasteiger partial charge in [0.25, 0.3) is 0 Å². The number of rotatable bonds is 0. The number of fused-ring (bicyclic) bond motifs is 2. The van der Waals surface area contributed by atoms with Crippen molar-refractivity contribution in [1.29, 1.82) is 0 Å². The van der Waals surface area contributed by atoms with E-state index in [0.29, 0.717) is 12.5 Å². The summed E-state index contributed by atoms with van der Waals surface area (Å²) in [5.74, 6) is 0.468. The topological polar surface area (TPSA) is 20.3 Å². The largest absolute Gasteiger partial charge is 0.308 e. The second kappa shape index (κ2) is 5.53. The van der Waals surface area contributed by atoms with Crippen LogP contribution < -0.4 is 4.90 Å². The van der Waals surface area contributed by atoms with Crippen LogP contribution in [0.3, 0.4) is 0 Å². The average molecular weight is 300 g/mol. The highest BCUT2D eigenvalue weighted by Gasteiger charge is 2.23. The molecule has 0 radical (unpaired) electrons. The van der Waals surface area contributed by atoms with Crippen LogP contribution in [0.15, 0.2) is 42.5 Å². The van der Waals surface area contributed by atoms with Crippen LogP contribution in [0.4, 0.5) is 5.69 Å². The Balaban J connectivity index is 2.16. The number of carbonyl (C=O) groups is 1. The molecule has 3 heteroatoms. The van der Waals surface area contributed by atoms with Crippen molar-refractivity contribution in [1.82, 2.24) is 0 Å². The summed E-state index contributed by atoms with van der Waals surface area (Å²) in [6.45, 7) is 4.46. The minimum absolute atomic E-state index is 0.0583. The van der Waals surface area contributed by atoms with Gasteiger partial charge < -0.3 is 4.90 Å². The van der Waals surface area contributed by atoms with Gasteiger partial charge in [-0.2, -0.15) is 0 Å². The van der Waals surface area contributed by atoms with Crippen LogP contribution in [0, 0.1) is 0 Å². The molecule has 0 fully saturated rings. The molecule has 0 aromatic heterocycles. The maximum atomic E-state index is 12.1. The molecule has 0 saturated carbocycles. The third-order valence-corrected chi connectivity index (χ3v) is 4.39. The fraction of sp³-hybridized carbons (Fsp3) is 0.278. The van der Waals surface area contributed by atoms with Crippen LogP contribution in [0.2, 0.25) is 5.02 Å². The molecule has 0 saturated heterocycles. The van der Waals surface area contributed by atoms with Crippen LogP contribution in [0.5, 0.6) is 0 Å². The average Bonchev–Trinajstić information content (AvgIpc) is 2.44. The maximum absolute atomic E-state index is 12.1. The Kier molecular flexibility index (Phi) is 3.73. The number of carbonyl (C=O) groups excluding carboxylic acids is 1.